The molecule has 0 saturated heterocycles. The van der Waals surface area contributed by atoms with Gasteiger partial charge >= 0.3 is 6.09 Å². The van der Waals surface area contributed by atoms with Gasteiger partial charge in [-0.3, -0.25) is 0 Å². The van der Waals surface area contributed by atoms with Gasteiger partial charge in [-0.05, 0) is 39.3 Å². The summed E-state index contributed by atoms with van der Waals surface area (Å²) in [6.45, 7) is 7.81. The summed E-state index contributed by atoms with van der Waals surface area (Å²) in [6, 6.07) is 3.82. The van der Waals surface area contributed by atoms with E-state index in [2.05, 4.69) is 10.3 Å². The standard InChI is InChI=1S/C16H27N3O3/c1-16(2,3)22-15(20)19(4)10-6-9-17-11-13-7-8-14(21-5)18-12-13/h7-8,12,17H,6,9-11H2,1-5H3. The number of aromatic nitrogens is 1. The molecule has 0 saturated carbocycles. The Morgan fingerprint density at radius 3 is 2.64 bits per heavy atom. The molecular formula is C16H27N3O3. The van der Waals surface area contributed by atoms with E-state index in [0.717, 1.165) is 25.1 Å². The van der Waals surface area contributed by atoms with Crippen LogP contribution in [0.5, 0.6) is 5.88 Å². The molecule has 0 radical (unpaired) electrons. The highest BCUT2D eigenvalue weighted by Crippen LogP contribution is 2.09. The maximum absolute atomic E-state index is 11.8. The van der Waals surface area contributed by atoms with Gasteiger partial charge in [0.05, 0.1) is 7.11 Å². The van der Waals surface area contributed by atoms with Crippen LogP contribution in [0, 0.1) is 0 Å². The number of carbonyl (C=O) groups is 1. The molecule has 22 heavy (non-hydrogen) atoms. The molecule has 0 aliphatic rings. The van der Waals surface area contributed by atoms with E-state index in [1.165, 1.54) is 0 Å². The summed E-state index contributed by atoms with van der Waals surface area (Å²) in [4.78, 5) is 17.5. The Labute approximate surface area is 132 Å². The van der Waals surface area contributed by atoms with Crippen LogP contribution in [0.4, 0.5) is 4.79 Å². The molecule has 1 aromatic rings. The van der Waals surface area contributed by atoms with Crippen LogP contribution in [0.3, 0.4) is 0 Å². The number of carbonyl (C=O) groups excluding carboxylic acids is 1. The van der Waals surface area contributed by atoms with E-state index < -0.39 is 5.60 Å². The molecule has 1 rings (SSSR count). The zero-order valence-electron chi connectivity index (χ0n) is 14.2. The molecule has 0 bridgehead atoms. The summed E-state index contributed by atoms with van der Waals surface area (Å²) in [7, 11) is 3.35. The number of pyridine rings is 1. The zero-order chi connectivity index (χ0) is 16.6. The van der Waals surface area contributed by atoms with Crippen molar-refractivity contribution < 1.29 is 14.3 Å². The molecule has 0 atom stereocenters. The third kappa shape index (κ3) is 7.26. The molecule has 1 N–H and O–H groups in total. The Morgan fingerprint density at radius 1 is 1.36 bits per heavy atom. The number of hydrogen-bond donors (Lipinski definition) is 1. The van der Waals surface area contributed by atoms with E-state index in [1.807, 2.05) is 32.9 Å². The molecule has 6 nitrogen and oxygen atoms in total. The first-order chi connectivity index (χ1) is 10.3. The topological polar surface area (TPSA) is 63.7 Å². The Hall–Kier alpha value is -1.82. The zero-order valence-corrected chi connectivity index (χ0v) is 14.2. The lowest BCUT2D eigenvalue weighted by molar-refractivity contribution is 0.0297. The minimum Gasteiger partial charge on any atom is -0.481 e. The average Bonchev–Trinajstić information content (AvgIpc) is 2.45. The number of amides is 1. The first-order valence-corrected chi connectivity index (χ1v) is 7.45. The Morgan fingerprint density at radius 2 is 2.09 bits per heavy atom. The quantitative estimate of drug-likeness (QED) is 0.784. The second-order valence-electron chi connectivity index (χ2n) is 6.14. The predicted octanol–water partition coefficient (Wildman–Crippen LogP) is 2.44. The van der Waals surface area contributed by atoms with Crippen LogP contribution in [-0.2, 0) is 11.3 Å². The van der Waals surface area contributed by atoms with E-state index in [9.17, 15) is 4.79 Å². The van der Waals surface area contributed by atoms with Gasteiger partial charge < -0.3 is 19.7 Å². The highest BCUT2D eigenvalue weighted by Gasteiger charge is 2.18. The van der Waals surface area contributed by atoms with Crippen LogP contribution in [0.1, 0.15) is 32.8 Å². The summed E-state index contributed by atoms with van der Waals surface area (Å²) < 4.78 is 10.3. The van der Waals surface area contributed by atoms with Gasteiger partial charge in [0.15, 0.2) is 0 Å². The third-order valence-electron chi connectivity index (χ3n) is 2.89. The third-order valence-corrected chi connectivity index (χ3v) is 2.89. The average molecular weight is 309 g/mol. The van der Waals surface area contributed by atoms with Gasteiger partial charge in [-0.2, -0.15) is 0 Å². The summed E-state index contributed by atoms with van der Waals surface area (Å²) in [5.74, 6) is 0.614. The SMILES string of the molecule is COc1ccc(CNCCCN(C)C(=O)OC(C)(C)C)cn1. The fraction of sp³-hybridized carbons (Fsp3) is 0.625. The molecule has 6 heteroatoms. The highest BCUT2D eigenvalue weighted by molar-refractivity contribution is 5.67. The molecule has 0 aliphatic heterocycles. The normalized spacial score (nSPS) is 11.1. The lowest BCUT2D eigenvalue weighted by Gasteiger charge is -2.24. The minimum absolute atomic E-state index is 0.285. The van der Waals surface area contributed by atoms with Crippen LogP contribution >= 0.6 is 0 Å². The van der Waals surface area contributed by atoms with Crippen molar-refractivity contribution in [2.75, 3.05) is 27.2 Å². The van der Waals surface area contributed by atoms with E-state index >= 15 is 0 Å². The monoisotopic (exact) mass is 309 g/mol. The smallest absolute Gasteiger partial charge is 0.410 e. The highest BCUT2D eigenvalue weighted by atomic mass is 16.6. The molecule has 1 amide bonds. The number of rotatable bonds is 7. The van der Waals surface area contributed by atoms with Gasteiger partial charge in [0, 0.05) is 32.4 Å². The lowest BCUT2D eigenvalue weighted by Crippen LogP contribution is -2.35. The second-order valence-corrected chi connectivity index (χ2v) is 6.14. The molecule has 0 spiro atoms. The molecule has 0 unspecified atom stereocenters. The van der Waals surface area contributed by atoms with Gasteiger partial charge in [0.1, 0.15) is 5.60 Å². The largest absolute Gasteiger partial charge is 0.481 e. The maximum Gasteiger partial charge on any atom is 0.410 e. The predicted molar refractivity (Wildman–Crippen MR) is 86.0 cm³/mol. The molecule has 1 heterocycles. The summed E-state index contributed by atoms with van der Waals surface area (Å²) in [5, 5.41) is 3.32. The van der Waals surface area contributed by atoms with E-state index in [0.29, 0.717) is 12.4 Å². The maximum atomic E-state index is 11.8. The number of methoxy groups -OCH3 is 1. The van der Waals surface area contributed by atoms with Crippen molar-refractivity contribution in [2.24, 2.45) is 0 Å². The van der Waals surface area contributed by atoms with Crippen LogP contribution < -0.4 is 10.1 Å². The van der Waals surface area contributed by atoms with Crippen LogP contribution in [0.15, 0.2) is 18.3 Å². The van der Waals surface area contributed by atoms with E-state index in [-0.39, 0.29) is 6.09 Å². The summed E-state index contributed by atoms with van der Waals surface area (Å²) in [6.07, 6.45) is 2.37. The van der Waals surface area contributed by atoms with Gasteiger partial charge in [0.25, 0.3) is 0 Å². The number of hydrogen-bond acceptors (Lipinski definition) is 5. The Bertz CT molecular complexity index is 455. The van der Waals surface area contributed by atoms with Crippen molar-refractivity contribution in [3.05, 3.63) is 23.9 Å². The van der Waals surface area contributed by atoms with Crippen molar-refractivity contribution in [1.82, 2.24) is 15.2 Å². The Kier molecular flexibility index (Phi) is 7.11. The van der Waals surface area contributed by atoms with Crippen molar-refractivity contribution in [3.63, 3.8) is 0 Å². The molecule has 124 valence electrons. The van der Waals surface area contributed by atoms with Crippen molar-refractivity contribution >= 4 is 6.09 Å². The fourth-order valence-electron chi connectivity index (χ4n) is 1.74. The molecular weight excluding hydrogens is 282 g/mol. The molecule has 0 aromatic carbocycles. The van der Waals surface area contributed by atoms with E-state index in [1.54, 1.807) is 25.3 Å². The van der Waals surface area contributed by atoms with Gasteiger partial charge in [-0.25, -0.2) is 9.78 Å². The first-order valence-electron chi connectivity index (χ1n) is 7.45. The van der Waals surface area contributed by atoms with Crippen LogP contribution in [0.25, 0.3) is 0 Å². The lowest BCUT2D eigenvalue weighted by atomic mass is 10.2. The minimum atomic E-state index is -0.453. The van der Waals surface area contributed by atoms with Crippen LogP contribution in [-0.4, -0.2) is 48.8 Å². The second kappa shape index (κ2) is 8.58. The van der Waals surface area contributed by atoms with Crippen molar-refractivity contribution in [3.8, 4) is 5.88 Å². The molecule has 0 aliphatic carbocycles. The van der Waals surface area contributed by atoms with Crippen molar-refractivity contribution in [1.29, 1.82) is 0 Å². The molecule has 0 fully saturated rings. The fourth-order valence-corrected chi connectivity index (χ4v) is 1.74. The van der Waals surface area contributed by atoms with Gasteiger partial charge in [-0.1, -0.05) is 6.07 Å². The number of ether oxygens (including phenoxy) is 2. The van der Waals surface area contributed by atoms with E-state index in [4.69, 9.17) is 9.47 Å². The molecule has 1 aromatic heterocycles. The summed E-state index contributed by atoms with van der Waals surface area (Å²) >= 11 is 0. The van der Waals surface area contributed by atoms with Gasteiger partial charge in [0.2, 0.25) is 5.88 Å². The first kappa shape index (κ1) is 18.2. The Balaban J connectivity index is 2.18. The number of nitrogens with one attached hydrogen (secondary N) is 1. The van der Waals surface area contributed by atoms with Crippen LogP contribution in [0.2, 0.25) is 0 Å². The number of nitrogens with zero attached hydrogens (tertiary/aromatic N) is 2. The van der Waals surface area contributed by atoms with Gasteiger partial charge in [-0.15, -0.1) is 0 Å². The van der Waals surface area contributed by atoms with Crippen molar-refractivity contribution in [2.45, 2.75) is 39.3 Å². The summed E-state index contributed by atoms with van der Waals surface area (Å²) in [5.41, 5.74) is 0.645.